The van der Waals surface area contributed by atoms with E-state index in [-0.39, 0.29) is 6.79 Å². The van der Waals surface area contributed by atoms with E-state index in [1.165, 1.54) is 11.1 Å². The van der Waals surface area contributed by atoms with Gasteiger partial charge in [-0.3, -0.25) is 0 Å². The topological polar surface area (TPSA) is 30.5 Å². The Morgan fingerprint density at radius 2 is 2.06 bits per heavy atom. The maximum absolute atomic E-state index is 6.20. The Morgan fingerprint density at radius 3 is 2.71 bits per heavy atom. The molecule has 0 saturated carbocycles. The third-order valence-corrected chi connectivity index (χ3v) is 3.22. The number of hydrogen-bond acceptors (Lipinski definition) is 3. The highest BCUT2D eigenvalue weighted by atomic mass is 35.5. The number of nitrogens with one attached hydrogen (secondary N) is 1. The Morgan fingerprint density at radius 1 is 1.35 bits per heavy atom. The largest absolute Gasteiger partial charge is 0.453 e. The van der Waals surface area contributed by atoms with E-state index in [9.17, 15) is 0 Å². The molecule has 2 rings (SSSR count). The summed E-state index contributed by atoms with van der Waals surface area (Å²) in [6.07, 6.45) is 0.945. The van der Waals surface area contributed by atoms with Crippen LogP contribution in [0.25, 0.3) is 0 Å². The van der Waals surface area contributed by atoms with Crippen molar-refractivity contribution < 1.29 is 9.47 Å². The van der Waals surface area contributed by atoms with E-state index in [2.05, 4.69) is 19.2 Å². The van der Waals surface area contributed by atoms with Gasteiger partial charge in [-0.25, -0.2) is 0 Å². The van der Waals surface area contributed by atoms with E-state index in [1.54, 1.807) is 0 Å². The van der Waals surface area contributed by atoms with Crippen LogP contribution in [0.15, 0.2) is 6.07 Å². The minimum atomic E-state index is 0.268. The maximum atomic E-state index is 6.20. The molecule has 0 bridgehead atoms. The first kappa shape index (κ1) is 12.5. The summed E-state index contributed by atoms with van der Waals surface area (Å²) in [4.78, 5) is 0. The minimum Gasteiger partial charge on any atom is -0.453 e. The quantitative estimate of drug-likeness (QED) is 0.897. The smallest absolute Gasteiger partial charge is 0.231 e. The van der Waals surface area contributed by atoms with Gasteiger partial charge in [0.15, 0.2) is 11.5 Å². The van der Waals surface area contributed by atoms with Gasteiger partial charge in [-0.2, -0.15) is 0 Å². The molecule has 1 aromatic rings. The molecule has 0 aliphatic carbocycles. The van der Waals surface area contributed by atoms with Gasteiger partial charge < -0.3 is 14.8 Å². The molecule has 1 aromatic carbocycles. The highest BCUT2D eigenvalue weighted by molar-refractivity contribution is 6.32. The fourth-order valence-corrected chi connectivity index (χ4v) is 2.47. The zero-order chi connectivity index (χ0) is 12.4. The second-order valence-corrected chi connectivity index (χ2v) is 4.91. The highest BCUT2D eigenvalue weighted by Gasteiger charge is 2.25. The Labute approximate surface area is 107 Å². The first-order valence-corrected chi connectivity index (χ1v) is 6.28. The van der Waals surface area contributed by atoms with Gasteiger partial charge in [0.1, 0.15) is 0 Å². The Hall–Kier alpha value is -0.930. The van der Waals surface area contributed by atoms with Crippen molar-refractivity contribution in [3.05, 3.63) is 22.2 Å². The molecule has 0 aromatic heterocycles. The van der Waals surface area contributed by atoms with E-state index >= 15 is 0 Å². The summed E-state index contributed by atoms with van der Waals surface area (Å²) in [5.74, 6) is 1.93. The SMILES string of the molecule is CNCCc1cc(Cl)c2c(c1C(C)C)OCO2. The average molecular weight is 256 g/mol. The van der Waals surface area contributed by atoms with E-state index in [0.717, 1.165) is 18.7 Å². The van der Waals surface area contributed by atoms with Crippen molar-refractivity contribution in [3.8, 4) is 11.5 Å². The van der Waals surface area contributed by atoms with Crippen LogP contribution in [-0.4, -0.2) is 20.4 Å². The Bertz CT molecular complexity index is 418. The van der Waals surface area contributed by atoms with Crippen LogP contribution in [0.1, 0.15) is 30.9 Å². The number of rotatable bonds is 4. The second kappa shape index (κ2) is 5.15. The number of halogens is 1. The summed E-state index contributed by atoms with van der Waals surface area (Å²) < 4.78 is 11.0. The van der Waals surface area contributed by atoms with Gasteiger partial charge in [-0.1, -0.05) is 25.4 Å². The molecule has 1 N–H and O–H groups in total. The van der Waals surface area contributed by atoms with Gasteiger partial charge in [0.25, 0.3) is 0 Å². The third kappa shape index (κ3) is 2.35. The van der Waals surface area contributed by atoms with Crippen LogP contribution in [0, 0.1) is 0 Å². The molecule has 0 saturated heterocycles. The van der Waals surface area contributed by atoms with Crippen LogP contribution >= 0.6 is 11.6 Å². The summed E-state index contributed by atoms with van der Waals surface area (Å²) in [5.41, 5.74) is 2.46. The number of hydrogen-bond donors (Lipinski definition) is 1. The normalized spacial score (nSPS) is 13.5. The first-order valence-electron chi connectivity index (χ1n) is 5.90. The molecule has 1 aliphatic rings. The van der Waals surface area contributed by atoms with E-state index in [1.807, 2.05) is 13.1 Å². The Balaban J connectivity index is 2.47. The molecule has 1 heterocycles. The minimum absolute atomic E-state index is 0.268. The molecule has 4 heteroatoms. The molecule has 0 amide bonds. The summed E-state index contributed by atoms with van der Waals surface area (Å²) in [6.45, 7) is 5.52. The van der Waals surface area contributed by atoms with Crippen molar-refractivity contribution in [1.82, 2.24) is 5.32 Å². The Kier molecular flexibility index (Phi) is 3.79. The zero-order valence-corrected chi connectivity index (χ0v) is 11.2. The summed E-state index contributed by atoms with van der Waals surface area (Å²) in [7, 11) is 1.95. The van der Waals surface area contributed by atoms with Gasteiger partial charge >= 0.3 is 0 Å². The fourth-order valence-electron chi connectivity index (χ4n) is 2.20. The lowest BCUT2D eigenvalue weighted by Crippen LogP contribution is -2.12. The molecular formula is C13H18ClNO2. The summed E-state index contributed by atoms with van der Waals surface area (Å²) in [5, 5.41) is 3.80. The number of ether oxygens (including phenoxy) is 2. The third-order valence-electron chi connectivity index (χ3n) is 2.94. The first-order chi connectivity index (χ1) is 8.15. The molecule has 0 atom stereocenters. The molecule has 0 fully saturated rings. The molecule has 1 aliphatic heterocycles. The summed E-state index contributed by atoms with van der Waals surface area (Å²) >= 11 is 6.20. The number of benzene rings is 1. The molecular weight excluding hydrogens is 238 g/mol. The molecule has 0 radical (unpaired) electrons. The van der Waals surface area contributed by atoms with Crippen LogP contribution in [0.4, 0.5) is 0 Å². The van der Waals surface area contributed by atoms with Gasteiger partial charge in [-0.15, -0.1) is 0 Å². The van der Waals surface area contributed by atoms with Crippen molar-refractivity contribution in [2.24, 2.45) is 0 Å². The fraction of sp³-hybridized carbons (Fsp3) is 0.538. The van der Waals surface area contributed by atoms with Gasteiger partial charge in [-0.05, 0) is 37.6 Å². The van der Waals surface area contributed by atoms with Crippen molar-refractivity contribution in [1.29, 1.82) is 0 Å². The lowest BCUT2D eigenvalue weighted by molar-refractivity contribution is 0.173. The van der Waals surface area contributed by atoms with Crippen LogP contribution in [-0.2, 0) is 6.42 Å². The second-order valence-electron chi connectivity index (χ2n) is 4.50. The number of fused-ring (bicyclic) bond motifs is 1. The molecule has 3 nitrogen and oxygen atoms in total. The van der Waals surface area contributed by atoms with Crippen LogP contribution < -0.4 is 14.8 Å². The van der Waals surface area contributed by atoms with E-state index in [4.69, 9.17) is 21.1 Å². The van der Waals surface area contributed by atoms with Crippen molar-refractivity contribution in [3.63, 3.8) is 0 Å². The van der Waals surface area contributed by atoms with Gasteiger partial charge in [0.05, 0.1) is 5.02 Å². The summed E-state index contributed by atoms with van der Waals surface area (Å²) in [6, 6.07) is 2.00. The molecule has 94 valence electrons. The van der Waals surface area contributed by atoms with Gasteiger partial charge in [0.2, 0.25) is 6.79 Å². The van der Waals surface area contributed by atoms with Crippen molar-refractivity contribution >= 4 is 11.6 Å². The predicted molar refractivity (Wildman–Crippen MR) is 69.3 cm³/mol. The molecule has 0 unspecified atom stereocenters. The molecule has 0 spiro atoms. The standard InChI is InChI=1S/C13H18ClNO2/c1-8(2)11-9(4-5-15-3)6-10(14)12-13(11)17-7-16-12/h6,8,15H,4-5,7H2,1-3H3. The van der Waals surface area contributed by atoms with E-state index < -0.39 is 0 Å². The van der Waals surface area contributed by atoms with E-state index in [0.29, 0.717) is 16.7 Å². The van der Waals surface area contributed by atoms with Crippen LogP contribution in [0.5, 0.6) is 11.5 Å². The highest BCUT2D eigenvalue weighted by Crippen LogP contribution is 2.46. The molecule has 17 heavy (non-hydrogen) atoms. The number of likely N-dealkylation sites (N-methyl/N-ethyl adjacent to an activating group) is 1. The zero-order valence-electron chi connectivity index (χ0n) is 10.5. The monoisotopic (exact) mass is 255 g/mol. The van der Waals surface area contributed by atoms with Crippen molar-refractivity contribution in [2.45, 2.75) is 26.2 Å². The average Bonchev–Trinajstić information content (AvgIpc) is 2.74. The lowest BCUT2D eigenvalue weighted by Gasteiger charge is -2.16. The maximum Gasteiger partial charge on any atom is 0.231 e. The predicted octanol–water partition coefficient (Wildman–Crippen LogP) is 2.95. The van der Waals surface area contributed by atoms with Gasteiger partial charge in [0, 0.05) is 5.56 Å². The lowest BCUT2D eigenvalue weighted by atomic mass is 9.93. The van der Waals surface area contributed by atoms with Crippen LogP contribution in [0.3, 0.4) is 0 Å². The van der Waals surface area contributed by atoms with Crippen LogP contribution in [0.2, 0.25) is 5.02 Å². The van der Waals surface area contributed by atoms with Crippen molar-refractivity contribution in [2.75, 3.05) is 20.4 Å².